The lowest BCUT2D eigenvalue weighted by atomic mass is 9.98. The number of carbonyl (C=O) groups is 2. The lowest BCUT2D eigenvalue weighted by Gasteiger charge is -2.31. The van der Waals surface area contributed by atoms with Crippen molar-refractivity contribution in [3.63, 3.8) is 0 Å². The van der Waals surface area contributed by atoms with E-state index in [9.17, 15) is 9.59 Å². The lowest BCUT2D eigenvalue weighted by Crippen LogP contribution is -2.42. The van der Waals surface area contributed by atoms with Crippen LogP contribution < -0.4 is 0 Å². The van der Waals surface area contributed by atoms with E-state index in [1.807, 2.05) is 30.3 Å². The minimum absolute atomic E-state index is 0.123. The second-order valence-corrected chi connectivity index (χ2v) is 7.51. The third-order valence-corrected chi connectivity index (χ3v) is 5.69. The average Bonchev–Trinajstić information content (AvgIpc) is 3.34. The van der Waals surface area contributed by atoms with Crippen LogP contribution in [0.5, 0.6) is 0 Å². The van der Waals surface area contributed by atoms with Crippen LogP contribution in [0, 0.1) is 5.92 Å². The number of esters is 1. The Morgan fingerprint density at radius 2 is 2.22 bits per heavy atom. The molecule has 6 nitrogen and oxygen atoms in total. The SMILES string of the molecule is CCOC(=O)[C@H]1CCCN(C(=O)c2csc(-c3cc4ccccc4[nH]3)n2)C1. The number of hydrogen-bond donors (Lipinski definition) is 1. The van der Waals surface area contributed by atoms with E-state index in [1.54, 1.807) is 17.2 Å². The van der Waals surface area contributed by atoms with Gasteiger partial charge in [-0.1, -0.05) is 18.2 Å². The van der Waals surface area contributed by atoms with Crippen molar-refractivity contribution in [3.8, 4) is 10.7 Å². The molecule has 0 saturated carbocycles. The third kappa shape index (κ3) is 3.60. The van der Waals surface area contributed by atoms with Crippen molar-refractivity contribution in [2.45, 2.75) is 19.8 Å². The summed E-state index contributed by atoms with van der Waals surface area (Å²) in [6, 6.07) is 10.1. The number of aromatic nitrogens is 2. The number of hydrogen-bond acceptors (Lipinski definition) is 5. The van der Waals surface area contributed by atoms with E-state index >= 15 is 0 Å². The molecule has 1 aromatic carbocycles. The second kappa shape index (κ2) is 7.52. The Morgan fingerprint density at radius 1 is 1.37 bits per heavy atom. The van der Waals surface area contributed by atoms with Gasteiger partial charge in [0, 0.05) is 29.4 Å². The van der Waals surface area contributed by atoms with E-state index in [2.05, 4.69) is 9.97 Å². The van der Waals surface area contributed by atoms with E-state index in [0.717, 1.165) is 34.4 Å². The molecule has 27 heavy (non-hydrogen) atoms. The van der Waals surface area contributed by atoms with Gasteiger partial charge in [-0.25, -0.2) is 4.98 Å². The molecular formula is C20H21N3O3S. The van der Waals surface area contributed by atoms with Gasteiger partial charge in [0.05, 0.1) is 18.2 Å². The van der Waals surface area contributed by atoms with Crippen LogP contribution in [0.25, 0.3) is 21.6 Å². The zero-order valence-electron chi connectivity index (χ0n) is 15.1. The van der Waals surface area contributed by atoms with Gasteiger partial charge < -0.3 is 14.6 Å². The maximum absolute atomic E-state index is 12.9. The molecule has 1 amide bonds. The summed E-state index contributed by atoms with van der Waals surface area (Å²) in [5.41, 5.74) is 2.38. The highest BCUT2D eigenvalue weighted by Crippen LogP contribution is 2.28. The summed E-state index contributed by atoms with van der Waals surface area (Å²) in [6.07, 6.45) is 1.56. The summed E-state index contributed by atoms with van der Waals surface area (Å²) in [5, 5.41) is 3.69. The van der Waals surface area contributed by atoms with Crippen LogP contribution in [-0.4, -0.2) is 46.4 Å². The summed E-state index contributed by atoms with van der Waals surface area (Å²) in [7, 11) is 0. The molecule has 7 heteroatoms. The standard InChI is InChI=1S/C20H21N3O3S/c1-2-26-20(25)14-7-5-9-23(11-14)19(24)17-12-27-18(22-17)16-10-13-6-3-4-8-15(13)21-16/h3-4,6,8,10,12,14,21H,2,5,7,9,11H2,1H3/t14-/m0/s1. The molecule has 2 aromatic heterocycles. The van der Waals surface area contributed by atoms with Crippen molar-refractivity contribution in [2.24, 2.45) is 5.92 Å². The molecule has 0 aliphatic carbocycles. The zero-order valence-corrected chi connectivity index (χ0v) is 15.9. The monoisotopic (exact) mass is 383 g/mol. The van der Waals surface area contributed by atoms with Gasteiger partial charge in [0.2, 0.25) is 0 Å². The predicted octanol–water partition coefficient (Wildman–Crippen LogP) is 3.71. The van der Waals surface area contributed by atoms with Crippen molar-refractivity contribution in [1.82, 2.24) is 14.9 Å². The van der Waals surface area contributed by atoms with Crippen molar-refractivity contribution < 1.29 is 14.3 Å². The smallest absolute Gasteiger partial charge is 0.310 e. The summed E-state index contributed by atoms with van der Waals surface area (Å²) >= 11 is 1.44. The molecule has 140 valence electrons. The number of piperidine rings is 1. The molecule has 1 fully saturated rings. The Balaban J connectivity index is 1.50. The van der Waals surface area contributed by atoms with Crippen LogP contribution in [0.2, 0.25) is 0 Å². The molecule has 3 heterocycles. The van der Waals surface area contributed by atoms with E-state index in [0.29, 0.717) is 25.4 Å². The fourth-order valence-electron chi connectivity index (χ4n) is 3.46. The number of benzene rings is 1. The molecule has 0 unspecified atom stereocenters. The topological polar surface area (TPSA) is 75.3 Å². The number of likely N-dealkylation sites (tertiary alicyclic amines) is 1. The number of H-pyrrole nitrogens is 1. The van der Waals surface area contributed by atoms with Gasteiger partial charge in [-0.05, 0) is 31.9 Å². The van der Waals surface area contributed by atoms with Gasteiger partial charge in [0.1, 0.15) is 10.7 Å². The van der Waals surface area contributed by atoms with Crippen LogP contribution in [0.1, 0.15) is 30.3 Å². The Bertz CT molecular complexity index is 945. The first-order chi connectivity index (χ1) is 13.2. The summed E-state index contributed by atoms with van der Waals surface area (Å²) in [4.78, 5) is 34.4. The van der Waals surface area contributed by atoms with Crippen LogP contribution >= 0.6 is 11.3 Å². The first-order valence-corrected chi connectivity index (χ1v) is 10.0. The zero-order chi connectivity index (χ0) is 18.8. The first-order valence-electron chi connectivity index (χ1n) is 9.15. The van der Waals surface area contributed by atoms with Crippen molar-refractivity contribution >= 4 is 34.1 Å². The van der Waals surface area contributed by atoms with Gasteiger partial charge in [-0.2, -0.15) is 0 Å². The number of aromatic amines is 1. The van der Waals surface area contributed by atoms with Gasteiger partial charge in [-0.3, -0.25) is 9.59 Å². The number of carbonyl (C=O) groups excluding carboxylic acids is 2. The Labute approximate surface area is 161 Å². The molecule has 1 aliphatic heterocycles. The van der Waals surface area contributed by atoms with Crippen LogP contribution in [0.15, 0.2) is 35.7 Å². The molecule has 1 saturated heterocycles. The van der Waals surface area contributed by atoms with Crippen molar-refractivity contribution in [3.05, 3.63) is 41.4 Å². The maximum atomic E-state index is 12.9. The number of nitrogens with one attached hydrogen (secondary N) is 1. The number of fused-ring (bicyclic) bond motifs is 1. The Kier molecular flexibility index (Phi) is 4.94. The average molecular weight is 383 g/mol. The fourth-order valence-corrected chi connectivity index (χ4v) is 4.23. The van der Waals surface area contributed by atoms with E-state index in [1.165, 1.54) is 11.3 Å². The maximum Gasteiger partial charge on any atom is 0.310 e. The van der Waals surface area contributed by atoms with Gasteiger partial charge >= 0.3 is 5.97 Å². The fraction of sp³-hybridized carbons (Fsp3) is 0.350. The number of thiazole rings is 1. The van der Waals surface area contributed by atoms with E-state index < -0.39 is 0 Å². The number of amides is 1. The lowest BCUT2D eigenvalue weighted by molar-refractivity contribution is -0.149. The molecular weight excluding hydrogens is 362 g/mol. The van der Waals surface area contributed by atoms with Gasteiger partial charge in [-0.15, -0.1) is 11.3 Å². The van der Waals surface area contributed by atoms with E-state index in [4.69, 9.17) is 4.74 Å². The molecule has 0 spiro atoms. The molecule has 0 bridgehead atoms. The van der Waals surface area contributed by atoms with Crippen molar-refractivity contribution in [2.75, 3.05) is 19.7 Å². The van der Waals surface area contributed by atoms with E-state index in [-0.39, 0.29) is 17.8 Å². The highest BCUT2D eigenvalue weighted by atomic mass is 32.1. The molecule has 4 rings (SSSR count). The highest BCUT2D eigenvalue weighted by Gasteiger charge is 2.30. The molecule has 1 N–H and O–H groups in total. The van der Waals surface area contributed by atoms with Gasteiger partial charge in [0.15, 0.2) is 0 Å². The highest BCUT2D eigenvalue weighted by molar-refractivity contribution is 7.13. The number of rotatable bonds is 4. The van der Waals surface area contributed by atoms with Gasteiger partial charge in [0.25, 0.3) is 5.91 Å². The quantitative estimate of drug-likeness (QED) is 0.697. The molecule has 3 aromatic rings. The Morgan fingerprint density at radius 3 is 3.04 bits per heavy atom. The van der Waals surface area contributed by atoms with Crippen LogP contribution in [0.3, 0.4) is 0 Å². The minimum Gasteiger partial charge on any atom is -0.466 e. The van der Waals surface area contributed by atoms with Crippen LogP contribution in [-0.2, 0) is 9.53 Å². The molecule has 0 radical (unpaired) electrons. The van der Waals surface area contributed by atoms with Crippen molar-refractivity contribution in [1.29, 1.82) is 0 Å². The number of nitrogens with zero attached hydrogens (tertiary/aromatic N) is 2. The predicted molar refractivity (Wildman–Crippen MR) is 105 cm³/mol. The molecule has 1 aliphatic rings. The number of para-hydroxylation sites is 1. The van der Waals surface area contributed by atoms with Crippen LogP contribution in [0.4, 0.5) is 0 Å². The third-order valence-electron chi connectivity index (χ3n) is 4.81. The normalized spacial score (nSPS) is 17.2. The number of ether oxygens (including phenoxy) is 1. The second-order valence-electron chi connectivity index (χ2n) is 6.65. The largest absolute Gasteiger partial charge is 0.466 e. The summed E-state index contributed by atoms with van der Waals surface area (Å²) in [6.45, 7) is 3.21. The first kappa shape index (κ1) is 17.7. The minimum atomic E-state index is -0.241. The summed E-state index contributed by atoms with van der Waals surface area (Å²) < 4.78 is 5.11. The molecule has 1 atom stereocenters. The summed E-state index contributed by atoms with van der Waals surface area (Å²) in [5.74, 6) is -0.580. The Hall–Kier alpha value is -2.67.